The van der Waals surface area contributed by atoms with Gasteiger partial charge in [-0.25, -0.2) is 8.42 Å². The molecule has 0 radical (unpaired) electrons. The summed E-state index contributed by atoms with van der Waals surface area (Å²) in [7, 11) is -1.94. The van der Waals surface area contributed by atoms with Crippen molar-refractivity contribution in [2.75, 3.05) is 36.3 Å². The van der Waals surface area contributed by atoms with Crippen LogP contribution in [0.5, 0.6) is 17.2 Å². The highest BCUT2D eigenvalue weighted by molar-refractivity contribution is 7.92. The Labute approximate surface area is 164 Å². The number of methoxy groups -OCH3 is 1. The number of rotatable bonds is 8. The summed E-state index contributed by atoms with van der Waals surface area (Å²) >= 11 is 0. The van der Waals surface area contributed by atoms with Crippen molar-refractivity contribution in [1.29, 1.82) is 0 Å². The topological polar surface area (TPSA) is 94.2 Å². The monoisotopic (exact) mass is 406 g/mol. The molecule has 0 unspecified atom stereocenters. The second-order valence-electron chi connectivity index (χ2n) is 6.25. The first-order valence-corrected chi connectivity index (χ1v) is 10.5. The van der Waals surface area contributed by atoms with Gasteiger partial charge in [-0.05, 0) is 42.8 Å². The molecule has 0 atom stereocenters. The Morgan fingerprint density at radius 1 is 1.14 bits per heavy atom. The number of ether oxygens (including phenoxy) is 3. The van der Waals surface area contributed by atoms with Crippen molar-refractivity contribution < 1.29 is 27.4 Å². The van der Waals surface area contributed by atoms with Crippen molar-refractivity contribution in [2.45, 2.75) is 12.8 Å². The van der Waals surface area contributed by atoms with Crippen LogP contribution in [0.2, 0.25) is 0 Å². The van der Waals surface area contributed by atoms with Crippen LogP contribution in [-0.4, -0.2) is 41.0 Å². The summed E-state index contributed by atoms with van der Waals surface area (Å²) in [6.07, 6.45) is 1.68. The molecule has 0 spiro atoms. The Morgan fingerprint density at radius 3 is 2.54 bits per heavy atom. The molecule has 0 saturated heterocycles. The van der Waals surface area contributed by atoms with E-state index in [1.807, 2.05) is 0 Å². The van der Waals surface area contributed by atoms with Gasteiger partial charge in [-0.1, -0.05) is 0 Å². The molecule has 0 bridgehead atoms. The van der Waals surface area contributed by atoms with Gasteiger partial charge in [0.1, 0.15) is 5.75 Å². The normalized spacial score (nSPS) is 12.5. The molecule has 28 heavy (non-hydrogen) atoms. The van der Waals surface area contributed by atoms with Gasteiger partial charge in [-0.3, -0.25) is 9.10 Å². The number of hydrogen-bond donors (Lipinski definition) is 1. The second kappa shape index (κ2) is 8.39. The average Bonchev–Trinajstić information content (AvgIpc) is 3.12. The Morgan fingerprint density at radius 2 is 1.86 bits per heavy atom. The molecule has 1 N–H and O–H groups in total. The van der Waals surface area contributed by atoms with E-state index in [1.54, 1.807) is 49.6 Å². The summed E-state index contributed by atoms with van der Waals surface area (Å²) in [5.74, 6) is 1.59. The van der Waals surface area contributed by atoms with Gasteiger partial charge in [-0.2, -0.15) is 0 Å². The van der Waals surface area contributed by atoms with Crippen LogP contribution in [0.15, 0.2) is 42.5 Å². The van der Waals surface area contributed by atoms with Crippen molar-refractivity contribution in [3.63, 3.8) is 0 Å². The van der Waals surface area contributed by atoms with Gasteiger partial charge in [-0.15, -0.1) is 0 Å². The number of nitrogens with one attached hydrogen (secondary N) is 1. The molecule has 0 aromatic heterocycles. The number of carbonyl (C=O) groups is 1. The number of fused-ring (bicyclic) bond motifs is 1. The highest BCUT2D eigenvalue weighted by Gasteiger charge is 2.21. The van der Waals surface area contributed by atoms with Gasteiger partial charge >= 0.3 is 0 Å². The molecule has 1 aliphatic heterocycles. The van der Waals surface area contributed by atoms with Gasteiger partial charge in [0.05, 0.1) is 19.1 Å². The highest BCUT2D eigenvalue weighted by Crippen LogP contribution is 2.36. The van der Waals surface area contributed by atoms with Crippen LogP contribution in [0.1, 0.15) is 12.8 Å². The lowest BCUT2D eigenvalue weighted by Gasteiger charge is -2.22. The number of hydrogen-bond acceptors (Lipinski definition) is 6. The maximum Gasteiger partial charge on any atom is 0.232 e. The molecular formula is C19H22N2O6S. The van der Waals surface area contributed by atoms with Gasteiger partial charge in [0.25, 0.3) is 0 Å². The highest BCUT2D eigenvalue weighted by atomic mass is 32.2. The first kappa shape index (κ1) is 19.8. The van der Waals surface area contributed by atoms with Gasteiger partial charge in [0.15, 0.2) is 11.5 Å². The molecule has 0 aliphatic carbocycles. The van der Waals surface area contributed by atoms with E-state index in [2.05, 4.69) is 5.32 Å². The fourth-order valence-corrected chi connectivity index (χ4v) is 3.77. The fourth-order valence-electron chi connectivity index (χ4n) is 2.81. The maximum atomic E-state index is 12.2. The minimum atomic E-state index is -3.51. The molecule has 0 saturated carbocycles. The van der Waals surface area contributed by atoms with E-state index in [9.17, 15) is 13.2 Å². The van der Waals surface area contributed by atoms with E-state index in [0.717, 1.165) is 6.26 Å². The summed E-state index contributed by atoms with van der Waals surface area (Å²) < 4.78 is 41.3. The van der Waals surface area contributed by atoms with Crippen LogP contribution in [0, 0.1) is 0 Å². The molecule has 8 nitrogen and oxygen atoms in total. The van der Waals surface area contributed by atoms with Crippen molar-refractivity contribution in [3.8, 4) is 17.2 Å². The molecule has 3 rings (SSSR count). The van der Waals surface area contributed by atoms with Gasteiger partial charge in [0, 0.05) is 24.7 Å². The molecule has 1 amide bonds. The summed E-state index contributed by atoms with van der Waals surface area (Å²) in [5, 5.41) is 2.78. The molecule has 2 aromatic carbocycles. The van der Waals surface area contributed by atoms with Crippen LogP contribution < -0.4 is 23.8 Å². The predicted molar refractivity (Wildman–Crippen MR) is 106 cm³/mol. The minimum Gasteiger partial charge on any atom is -0.497 e. The molecule has 1 aliphatic rings. The number of carbonyl (C=O) groups excluding carboxylic acids is 1. The minimum absolute atomic E-state index is 0.114. The Hall–Kier alpha value is -2.94. The molecular weight excluding hydrogens is 384 g/mol. The third kappa shape index (κ3) is 4.86. The van der Waals surface area contributed by atoms with Gasteiger partial charge in [0.2, 0.25) is 22.7 Å². The standard InChI is InChI=1S/C19H22N2O6S/c1-25-16-8-5-14(6-9-16)20-19(22)4-3-11-21(28(2,23)24)15-7-10-17-18(12-15)27-13-26-17/h5-10,12H,3-4,11,13H2,1-2H3,(H,20,22). The number of amides is 1. The lowest BCUT2D eigenvalue weighted by atomic mass is 10.2. The SMILES string of the molecule is COc1ccc(NC(=O)CCCN(c2ccc3c(c2)OCO3)S(C)(=O)=O)cc1. The number of sulfonamides is 1. The third-order valence-electron chi connectivity index (χ3n) is 4.18. The largest absolute Gasteiger partial charge is 0.497 e. The number of nitrogens with zero attached hydrogens (tertiary/aromatic N) is 1. The van der Waals surface area contributed by atoms with E-state index in [4.69, 9.17) is 14.2 Å². The quantitative estimate of drug-likeness (QED) is 0.724. The zero-order valence-corrected chi connectivity index (χ0v) is 16.5. The Kier molecular flexibility index (Phi) is 5.93. The van der Waals surface area contributed by atoms with E-state index >= 15 is 0 Å². The third-order valence-corrected chi connectivity index (χ3v) is 5.38. The van der Waals surface area contributed by atoms with E-state index < -0.39 is 10.0 Å². The Bertz CT molecular complexity index is 943. The van der Waals surface area contributed by atoms with Crippen LogP contribution in [-0.2, 0) is 14.8 Å². The zero-order chi connectivity index (χ0) is 20.1. The summed E-state index contributed by atoms with van der Waals surface area (Å²) in [5.41, 5.74) is 1.13. The van der Waals surface area contributed by atoms with E-state index in [-0.39, 0.29) is 25.7 Å². The fraction of sp³-hybridized carbons (Fsp3) is 0.316. The average molecular weight is 406 g/mol. The predicted octanol–water partition coefficient (Wildman–Crippen LogP) is 2.61. The second-order valence-corrected chi connectivity index (χ2v) is 8.16. The van der Waals surface area contributed by atoms with E-state index in [1.165, 1.54) is 4.31 Å². The molecule has 9 heteroatoms. The number of benzene rings is 2. The molecule has 150 valence electrons. The molecule has 0 fully saturated rings. The lowest BCUT2D eigenvalue weighted by molar-refractivity contribution is -0.116. The first-order chi connectivity index (χ1) is 13.4. The van der Waals surface area contributed by atoms with Crippen LogP contribution in [0.25, 0.3) is 0 Å². The van der Waals surface area contributed by atoms with Crippen LogP contribution in [0.3, 0.4) is 0 Å². The number of anilines is 2. The van der Waals surface area contributed by atoms with Crippen molar-refractivity contribution >= 4 is 27.3 Å². The van der Waals surface area contributed by atoms with Crippen molar-refractivity contribution in [1.82, 2.24) is 0 Å². The van der Waals surface area contributed by atoms with Gasteiger partial charge < -0.3 is 19.5 Å². The Balaban J connectivity index is 1.59. The lowest BCUT2D eigenvalue weighted by Crippen LogP contribution is -2.31. The smallest absolute Gasteiger partial charge is 0.232 e. The zero-order valence-electron chi connectivity index (χ0n) is 15.7. The van der Waals surface area contributed by atoms with Crippen LogP contribution >= 0.6 is 0 Å². The van der Waals surface area contributed by atoms with Crippen LogP contribution in [0.4, 0.5) is 11.4 Å². The van der Waals surface area contributed by atoms with Crippen molar-refractivity contribution in [2.24, 2.45) is 0 Å². The summed E-state index contributed by atoms with van der Waals surface area (Å²) in [6, 6.07) is 11.9. The summed E-state index contributed by atoms with van der Waals surface area (Å²) in [6.45, 7) is 0.289. The summed E-state index contributed by atoms with van der Waals surface area (Å²) in [4.78, 5) is 12.1. The van der Waals surface area contributed by atoms with E-state index in [0.29, 0.717) is 35.0 Å². The first-order valence-electron chi connectivity index (χ1n) is 8.68. The maximum absolute atomic E-state index is 12.2. The molecule has 1 heterocycles. The molecule has 2 aromatic rings. The van der Waals surface area contributed by atoms with Crippen molar-refractivity contribution in [3.05, 3.63) is 42.5 Å².